The number of carbonyl (C=O) groups is 3. The van der Waals surface area contributed by atoms with Crippen molar-refractivity contribution in [3.63, 3.8) is 0 Å². The largest absolute Gasteiger partial charge is 0.450 e. The highest BCUT2D eigenvalue weighted by atomic mass is 16.6. The van der Waals surface area contributed by atoms with Crippen LogP contribution < -0.4 is 5.32 Å². The SMILES string of the molecule is CCOC(=O)N1CCC(N(CCC(=O)NC(C)c2ccccc2)C(C)=O)CC1. The van der Waals surface area contributed by atoms with Gasteiger partial charge in [-0.15, -0.1) is 0 Å². The van der Waals surface area contributed by atoms with E-state index in [-0.39, 0.29) is 36.4 Å². The van der Waals surface area contributed by atoms with E-state index in [2.05, 4.69) is 5.32 Å². The van der Waals surface area contributed by atoms with Crippen LogP contribution in [0.2, 0.25) is 0 Å². The van der Waals surface area contributed by atoms with Gasteiger partial charge in [-0.05, 0) is 32.3 Å². The van der Waals surface area contributed by atoms with Crippen LogP contribution in [0.15, 0.2) is 30.3 Å². The van der Waals surface area contributed by atoms with Crippen LogP contribution in [-0.4, -0.2) is 60.0 Å². The Labute approximate surface area is 167 Å². The van der Waals surface area contributed by atoms with Crippen molar-refractivity contribution in [3.8, 4) is 0 Å². The van der Waals surface area contributed by atoms with Crippen LogP contribution in [-0.2, 0) is 14.3 Å². The molecule has 0 aliphatic carbocycles. The molecule has 1 aliphatic heterocycles. The zero-order valence-electron chi connectivity index (χ0n) is 17.0. The molecule has 0 radical (unpaired) electrons. The molecule has 1 saturated heterocycles. The minimum Gasteiger partial charge on any atom is -0.450 e. The van der Waals surface area contributed by atoms with Crippen molar-refractivity contribution < 1.29 is 19.1 Å². The molecular formula is C21H31N3O4. The lowest BCUT2D eigenvalue weighted by Crippen LogP contribution is -2.49. The third-order valence-corrected chi connectivity index (χ3v) is 5.09. The summed E-state index contributed by atoms with van der Waals surface area (Å²) in [5, 5.41) is 2.98. The second-order valence-electron chi connectivity index (χ2n) is 7.08. The summed E-state index contributed by atoms with van der Waals surface area (Å²) >= 11 is 0. The summed E-state index contributed by atoms with van der Waals surface area (Å²) in [5.74, 6) is -0.120. The van der Waals surface area contributed by atoms with Crippen molar-refractivity contribution in [2.24, 2.45) is 0 Å². The third kappa shape index (κ3) is 6.25. The number of benzene rings is 1. The number of nitrogens with zero attached hydrogens (tertiary/aromatic N) is 2. The van der Waals surface area contributed by atoms with E-state index in [0.29, 0.717) is 39.1 Å². The maximum absolute atomic E-state index is 12.3. The van der Waals surface area contributed by atoms with Gasteiger partial charge in [-0.25, -0.2) is 4.79 Å². The molecule has 0 saturated carbocycles. The van der Waals surface area contributed by atoms with Gasteiger partial charge < -0.3 is 19.9 Å². The Morgan fingerprint density at radius 1 is 1.21 bits per heavy atom. The maximum atomic E-state index is 12.3. The maximum Gasteiger partial charge on any atom is 0.409 e. The average molecular weight is 389 g/mol. The number of hydrogen-bond acceptors (Lipinski definition) is 4. The zero-order chi connectivity index (χ0) is 20.5. The molecule has 0 aromatic heterocycles. The number of likely N-dealkylation sites (tertiary alicyclic amines) is 1. The van der Waals surface area contributed by atoms with E-state index < -0.39 is 0 Å². The van der Waals surface area contributed by atoms with E-state index in [1.165, 1.54) is 6.92 Å². The van der Waals surface area contributed by atoms with E-state index in [1.807, 2.05) is 37.3 Å². The predicted molar refractivity (Wildman–Crippen MR) is 107 cm³/mol. The highest BCUT2D eigenvalue weighted by Crippen LogP contribution is 2.18. The van der Waals surface area contributed by atoms with Gasteiger partial charge in [0.05, 0.1) is 12.6 Å². The van der Waals surface area contributed by atoms with Gasteiger partial charge in [0.25, 0.3) is 0 Å². The Balaban J connectivity index is 1.82. The molecule has 7 nitrogen and oxygen atoms in total. The molecule has 2 rings (SSSR count). The van der Waals surface area contributed by atoms with Crippen molar-refractivity contribution in [1.82, 2.24) is 15.1 Å². The first-order valence-corrected chi connectivity index (χ1v) is 9.95. The standard InChI is InChI=1S/C21H31N3O4/c1-4-28-21(27)23-13-10-19(11-14-23)24(17(3)25)15-12-20(26)22-16(2)18-8-6-5-7-9-18/h5-9,16,19H,4,10-15H2,1-3H3,(H,22,26). The van der Waals surface area contributed by atoms with E-state index in [1.54, 1.807) is 16.7 Å². The number of ether oxygens (including phenoxy) is 1. The molecule has 1 aliphatic rings. The monoisotopic (exact) mass is 389 g/mol. The van der Waals surface area contributed by atoms with E-state index in [9.17, 15) is 14.4 Å². The van der Waals surface area contributed by atoms with Gasteiger partial charge in [0.15, 0.2) is 0 Å². The van der Waals surface area contributed by atoms with Gasteiger partial charge in [-0.2, -0.15) is 0 Å². The highest BCUT2D eigenvalue weighted by Gasteiger charge is 2.29. The molecule has 1 atom stereocenters. The number of rotatable bonds is 7. The summed E-state index contributed by atoms with van der Waals surface area (Å²) in [4.78, 5) is 39.7. The third-order valence-electron chi connectivity index (χ3n) is 5.09. The van der Waals surface area contributed by atoms with E-state index in [0.717, 1.165) is 5.56 Å². The lowest BCUT2D eigenvalue weighted by Gasteiger charge is -2.37. The zero-order valence-corrected chi connectivity index (χ0v) is 17.0. The summed E-state index contributed by atoms with van der Waals surface area (Å²) in [7, 11) is 0. The first kappa shape index (κ1) is 21.7. The average Bonchev–Trinajstić information content (AvgIpc) is 2.69. The molecule has 0 bridgehead atoms. The van der Waals surface area contributed by atoms with Gasteiger partial charge in [-0.3, -0.25) is 9.59 Å². The number of nitrogens with one attached hydrogen (secondary N) is 1. The molecule has 7 heteroatoms. The number of amides is 3. The van der Waals surface area contributed by atoms with E-state index in [4.69, 9.17) is 4.74 Å². The summed E-state index contributed by atoms with van der Waals surface area (Å²) in [6.45, 7) is 7.12. The van der Waals surface area contributed by atoms with Crippen molar-refractivity contribution in [2.45, 2.75) is 52.1 Å². The lowest BCUT2D eigenvalue weighted by atomic mass is 10.0. The molecule has 1 N–H and O–H groups in total. The molecule has 154 valence electrons. The van der Waals surface area contributed by atoms with Crippen molar-refractivity contribution in [1.29, 1.82) is 0 Å². The fourth-order valence-corrected chi connectivity index (χ4v) is 3.53. The molecule has 28 heavy (non-hydrogen) atoms. The molecule has 1 fully saturated rings. The molecule has 1 heterocycles. The fraction of sp³-hybridized carbons (Fsp3) is 0.571. The molecule has 1 unspecified atom stereocenters. The van der Waals surface area contributed by atoms with Crippen LogP contribution in [0, 0.1) is 0 Å². The lowest BCUT2D eigenvalue weighted by molar-refractivity contribution is -0.132. The molecule has 3 amide bonds. The topological polar surface area (TPSA) is 79.0 Å². The first-order valence-electron chi connectivity index (χ1n) is 9.95. The van der Waals surface area contributed by atoms with Crippen molar-refractivity contribution >= 4 is 17.9 Å². The second kappa shape index (κ2) is 10.7. The summed E-state index contributed by atoms with van der Waals surface area (Å²) in [6.07, 6.45) is 1.35. The smallest absolute Gasteiger partial charge is 0.409 e. The minimum absolute atomic E-state index is 0.0431. The Kier molecular flexibility index (Phi) is 8.29. The number of carbonyl (C=O) groups excluding carboxylic acids is 3. The summed E-state index contributed by atoms with van der Waals surface area (Å²) < 4.78 is 5.03. The van der Waals surface area contributed by atoms with Gasteiger partial charge in [0, 0.05) is 39.0 Å². The van der Waals surface area contributed by atoms with Crippen LogP contribution in [0.4, 0.5) is 4.79 Å². The van der Waals surface area contributed by atoms with Crippen LogP contribution in [0.25, 0.3) is 0 Å². The normalized spacial score (nSPS) is 15.6. The van der Waals surface area contributed by atoms with Crippen LogP contribution in [0.3, 0.4) is 0 Å². The Hall–Kier alpha value is -2.57. The van der Waals surface area contributed by atoms with Gasteiger partial charge in [0.1, 0.15) is 0 Å². The Morgan fingerprint density at radius 3 is 2.43 bits per heavy atom. The van der Waals surface area contributed by atoms with Gasteiger partial charge in [0.2, 0.25) is 11.8 Å². The predicted octanol–water partition coefficient (Wildman–Crippen LogP) is 2.72. The van der Waals surface area contributed by atoms with Crippen LogP contribution in [0.5, 0.6) is 0 Å². The van der Waals surface area contributed by atoms with Gasteiger partial charge >= 0.3 is 6.09 Å². The number of piperidine rings is 1. The van der Waals surface area contributed by atoms with Crippen LogP contribution >= 0.6 is 0 Å². The Morgan fingerprint density at radius 2 is 1.86 bits per heavy atom. The quantitative estimate of drug-likeness (QED) is 0.778. The Bertz CT molecular complexity index is 657. The molecule has 1 aromatic rings. The fourth-order valence-electron chi connectivity index (χ4n) is 3.53. The minimum atomic E-state index is -0.301. The second-order valence-corrected chi connectivity index (χ2v) is 7.08. The van der Waals surface area contributed by atoms with Crippen molar-refractivity contribution in [2.75, 3.05) is 26.2 Å². The molecular weight excluding hydrogens is 358 g/mol. The van der Waals surface area contributed by atoms with Crippen LogP contribution in [0.1, 0.15) is 51.6 Å². The van der Waals surface area contributed by atoms with E-state index >= 15 is 0 Å². The molecule has 0 spiro atoms. The van der Waals surface area contributed by atoms with Gasteiger partial charge in [-0.1, -0.05) is 30.3 Å². The highest BCUT2D eigenvalue weighted by molar-refractivity contribution is 5.78. The van der Waals surface area contributed by atoms with Crippen molar-refractivity contribution in [3.05, 3.63) is 35.9 Å². The summed E-state index contributed by atoms with van der Waals surface area (Å²) in [5.41, 5.74) is 1.05. The molecule has 1 aromatic carbocycles. The number of hydrogen-bond donors (Lipinski definition) is 1. The first-order chi connectivity index (χ1) is 13.4. The summed E-state index contributed by atoms with van der Waals surface area (Å²) in [6, 6.07) is 9.75.